The van der Waals surface area contributed by atoms with Crippen LogP contribution in [0, 0.1) is 0 Å². The first-order valence-electron chi connectivity index (χ1n) is 6.91. The number of rotatable bonds is 5. The predicted octanol–water partition coefficient (Wildman–Crippen LogP) is 2.07. The third kappa shape index (κ3) is 4.01. The molecule has 0 aliphatic carbocycles. The summed E-state index contributed by atoms with van der Waals surface area (Å²) in [7, 11) is 0. The van der Waals surface area contributed by atoms with Gasteiger partial charge in [0.1, 0.15) is 0 Å². The molecule has 0 spiro atoms. The summed E-state index contributed by atoms with van der Waals surface area (Å²) < 4.78 is 38.4. The Kier molecular flexibility index (Phi) is 4.95. The molecule has 1 aliphatic rings. The molecule has 1 heterocycles. The molecule has 3 N–H and O–H groups in total. The van der Waals surface area contributed by atoms with Gasteiger partial charge in [-0.05, 0) is 31.0 Å². The van der Waals surface area contributed by atoms with Crippen LogP contribution in [0.2, 0.25) is 0 Å². The fraction of sp³-hybridized carbons (Fsp3) is 0.571. The number of halogens is 3. The topological polar surface area (TPSA) is 55.7 Å². The first kappa shape index (κ1) is 15.9. The Bertz CT molecular complexity index is 474. The minimum atomic E-state index is -4.41. The minimum absolute atomic E-state index is 0.00134. The van der Waals surface area contributed by atoms with E-state index in [-0.39, 0.29) is 6.54 Å². The van der Waals surface area contributed by atoms with Gasteiger partial charge in [-0.15, -0.1) is 0 Å². The van der Waals surface area contributed by atoms with Gasteiger partial charge in [-0.2, -0.15) is 13.2 Å². The molecular formula is C14H19F3N2O2. The zero-order valence-corrected chi connectivity index (χ0v) is 11.5. The van der Waals surface area contributed by atoms with E-state index >= 15 is 0 Å². The monoisotopic (exact) mass is 304 g/mol. The molecule has 1 aromatic carbocycles. The molecule has 1 aliphatic heterocycles. The number of alkyl halides is 3. The first-order chi connectivity index (χ1) is 9.91. The number of anilines is 2. The predicted molar refractivity (Wildman–Crippen MR) is 74.5 cm³/mol. The Morgan fingerprint density at radius 3 is 2.48 bits per heavy atom. The van der Waals surface area contributed by atoms with Crippen LogP contribution in [0.1, 0.15) is 18.4 Å². The van der Waals surface area contributed by atoms with Crippen LogP contribution < -0.4 is 10.2 Å². The Hall–Kier alpha value is -1.47. The largest absolute Gasteiger partial charge is 0.416 e. The lowest BCUT2D eigenvalue weighted by Gasteiger charge is -2.24. The van der Waals surface area contributed by atoms with E-state index in [1.807, 2.05) is 4.90 Å². The Balaban J connectivity index is 2.26. The van der Waals surface area contributed by atoms with Gasteiger partial charge in [-0.1, -0.05) is 0 Å². The van der Waals surface area contributed by atoms with Crippen LogP contribution >= 0.6 is 0 Å². The molecular weight excluding hydrogens is 285 g/mol. The van der Waals surface area contributed by atoms with Crippen molar-refractivity contribution in [1.29, 1.82) is 0 Å². The number of nitrogens with one attached hydrogen (secondary N) is 1. The molecule has 1 fully saturated rings. The maximum atomic E-state index is 12.8. The van der Waals surface area contributed by atoms with E-state index in [0.717, 1.165) is 38.1 Å². The quantitative estimate of drug-likeness (QED) is 0.779. The molecule has 0 saturated carbocycles. The van der Waals surface area contributed by atoms with Crippen molar-refractivity contribution in [1.82, 2.24) is 0 Å². The summed E-state index contributed by atoms with van der Waals surface area (Å²) in [5.74, 6) is 0. The average Bonchev–Trinajstić information content (AvgIpc) is 2.97. The molecule has 0 amide bonds. The fourth-order valence-corrected chi connectivity index (χ4v) is 2.38. The van der Waals surface area contributed by atoms with Crippen molar-refractivity contribution in [3.63, 3.8) is 0 Å². The fourth-order valence-electron chi connectivity index (χ4n) is 2.38. The third-order valence-corrected chi connectivity index (χ3v) is 3.51. The van der Waals surface area contributed by atoms with Crippen molar-refractivity contribution < 1.29 is 23.4 Å². The molecule has 0 radical (unpaired) electrons. The molecule has 0 aromatic heterocycles. The maximum Gasteiger partial charge on any atom is 0.416 e. The van der Waals surface area contributed by atoms with Crippen LogP contribution in [-0.2, 0) is 6.18 Å². The van der Waals surface area contributed by atoms with Crippen molar-refractivity contribution in [3.8, 4) is 0 Å². The molecule has 21 heavy (non-hydrogen) atoms. The SMILES string of the molecule is OCC(O)CNc1cc(C(F)(F)F)ccc1N1CCCC1. The van der Waals surface area contributed by atoms with E-state index in [9.17, 15) is 18.3 Å². The lowest BCUT2D eigenvalue weighted by Crippen LogP contribution is -2.25. The summed E-state index contributed by atoms with van der Waals surface area (Å²) in [6.45, 7) is 1.18. The van der Waals surface area contributed by atoms with Gasteiger partial charge in [0.2, 0.25) is 0 Å². The second-order valence-electron chi connectivity index (χ2n) is 5.14. The smallest absolute Gasteiger partial charge is 0.394 e. The Morgan fingerprint density at radius 1 is 1.24 bits per heavy atom. The van der Waals surface area contributed by atoms with Crippen LogP contribution in [0.5, 0.6) is 0 Å². The second-order valence-corrected chi connectivity index (χ2v) is 5.14. The van der Waals surface area contributed by atoms with E-state index in [1.54, 1.807) is 0 Å². The van der Waals surface area contributed by atoms with E-state index in [2.05, 4.69) is 5.32 Å². The summed E-state index contributed by atoms with van der Waals surface area (Å²) in [4.78, 5) is 2.02. The van der Waals surface area contributed by atoms with Crippen LogP contribution in [0.25, 0.3) is 0 Å². The van der Waals surface area contributed by atoms with Crippen LogP contribution in [-0.4, -0.2) is 42.6 Å². The molecule has 0 bridgehead atoms. The first-order valence-corrected chi connectivity index (χ1v) is 6.91. The molecule has 118 valence electrons. The van der Waals surface area contributed by atoms with Gasteiger partial charge in [0.15, 0.2) is 0 Å². The van der Waals surface area contributed by atoms with Crippen molar-refractivity contribution in [2.24, 2.45) is 0 Å². The lowest BCUT2D eigenvalue weighted by molar-refractivity contribution is -0.137. The number of hydrogen-bond acceptors (Lipinski definition) is 4. The van der Waals surface area contributed by atoms with Gasteiger partial charge in [0, 0.05) is 19.6 Å². The Morgan fingerprint density at radius 2 is 1.90 bits per heavy atom. The molecule has 4 nitrogen and oxygen atoms in total. The standard InChI is InChI=1S/C14H19F3N2O2/c15-14(16,17)10-3-4-13(19-5-1-2-6-19)12(7-10)18-8-11(21)9-20/h3-4,7,11,18,20-21H,1-2,5-6,8-9H2. The zero-order chi connectivity index (χ0) is 15.5. The third-order valence-electron chi connectivity index (χ3n) is 3.51. The Labute approximate surface area is 121 Å². The van der Waals surface area contributed by atoms with E-state index in [0.29, 0.717) is 11.4 Å². The van der Waals surface area contributed by atoms with Crippen LogP contribution in [0.3, 0.4) is 0 Å². The molecule has 1 unspecified atom stereocenters. The van der Waals surface area contributed by atoms with Crippen molar-refractivity contribution in [2.45, 2.75) is 25.1 Å². The van der Waals surface area contributed by atoms with E-state index < -0.39 is 24.5 Å². The molecule has 2 rings (SSSR count). The molecule has 1 saturated heterocycles. The highest BCUT2D eigenvalue weighted by Gasteiger charge is 2.31. The highest BCUT2D eigenvalue weighted by molar-refractivity contribution is 5.71. The lowest BCUT2D eigenvalue weighted by atomic mass is 10.1. The second kappa shape index (κ2) is 6.53. The van der Waals surface area contributed by atoms with Gasteiger partial charge in [-0.3, -0.25) is 0 Å². The average molecular weight is 304 g/mol. The van der Waals surface area contributed by atoms with Crippen LogP contribution in [0.15, 0.2) is 18.2 Å². The maximum absolute atomic E-state index is 12.8. The molecule has 1 aromatic rings. The van der Waals surface area contributed by atoms with E-state index in [1.165, 1.54) is 6.07 Å². The van der Waals surface area contributed by atoms with Gasteiger partial charge in [0.25, 0.3) is 0 Å². The van der Waals surface area contributed by atoms with Crippen molar-refractivity contribution >= 4 is 11.4 Å². The molecule has 7 heteroatoms. The van der Waals surface area contributed by atoms with Gasteiger partial charge in [0.05, 0.1) is 29.6 Å². The van der Waals surface area contributed by atoms with Gasteiger partial charge < -0.3 is 20.4 Å². The number of nitrogens with zero attached hydrogens (tertiary/aromatic N) is 1. The number of aliphatic hydroxyl groups is 2. The van der Waals surface area contributed by atoms with Gasteiger partial charge in [-0.25, -0.2) is 0 Å². The van der Waals surface area contributed by atoms with Crippen molar-refractivity contribution in [2.75, 3.05) is 36.5 Å². The zero-order valence-electron chi connectivity index (χ0n) is 11.5. The summed E-state index contributed by atoms with van der Waals surface area (Å²) in [5.41, 5.74) is 0.302. The van der Waals surface area contributed by atoms with E-state index in [4.69, 9.17) is 5.11 Å². The summed E-state index contributed by atoms with van der Waals surface area (Å²) in [6, 6.07) is 3.58. The highest BCUT2D eigenvalue weighted by Crippen LogP contribution is 2.36. The molecule has 1 atom stereocenters. The van der Waals surface area contributed by atoms with Crippen molar-refractivity contribution in [3.05, 3.63) is 23.8 Å². The van der Waals surface area contributed by atoms with Crippen LogP contribution in [0.4, 0.5) is 24.5 Å². The minimum Gasteiger partial charge on any atom is -0.394 e. The normalized spacial score (nSPS) is 17.1. The number of aliphatic hydroxyl groups excluding tert-OH is 2. The number of benzene rings is 1. The van der Waals surface area contributed by atoms with Gasteiger partial charge >= 0.3 is 6.18 Å². The summed E-state index contributed by atoms with van der Waals surface area (Å²) in [5, 5.41) is 21.0. The summed E-state index contributed by atoms with van der Waals surface area (Å²) in [6.07, 6.45) is -3.39. The summed E-state index contributed by atoms with van der Waals surface area (Å²) >= 11 is 0. The number of hydrogen-bond donors (Lipinski definition) is 3. The highest BCUT2D eigenvalue weighted by atomic mass is 19.4.